The maximum Gasteiger partial charge on any atom is 0.175 e. The molecule has 0 aliphatic rings. The summed E-state index contributed by atoms with van der Waals surface area (Å²) in [6.07, 6.45) is 2.29. The van der Waals surface area contributed by atoms with Gasteiger partial charge in [0.1, 0.15) is 0 Å². The second-order valence-electron chi connectivity index (χ2n) is 6.12. The second-order valence-corrected chi connectivity index (χ2v) is 8.14. The molecule has 4 nitrogen and oxygen atoms in total. The van der Waals surface area contributed by atoms with Crippen LogP contribution in [0.5, 0.6) is 0 Å². The van der Waals surface area contributed by atoms with Crippen LogP contribution in [0.15, 0.2) is 29.2 Å². The molecule has 5 heteroatoms. The molecule has 1 aromatic carbocycles. The van der Waals surface area contributed by atoms with Gasteiger partial charge in [0, 0.05) is 18.3 Å². The van der Waals surface area contributed by atoms with Gasteiger partial charge in [-0.05, 0) is 58.0 Å². The molecule has 0 saturated heterocycles. The third-order valence-corrected chi connectivity index (χ3v) is 3.99. The first-order chi connectivity index (χ1) is 9.18. The van der Waals surface area contributed by atoms with Crippen LogP contribution in [0.4, 0.5) is 0 Å². The van der Waals surface area contributed by atoms with Crippen molar-refractivity contribution in [3.8, 4) is 0 Å². The Morgan fingerprint density at radius 2 is 1.65 bits per heavy atom. The molecule has 0 aliphatic carbocycles. The zero-order chi connectivity index (χ0) is 15.2. The summed E-state index contributed by atoms with van der Waals surface area (Å²) in [5, 5.41) is 6.79. The van der Waals surface area contributed by atoms with Gasteiger partial charge in [0.2, 0.25) is 0 Å². The molecule has 0 atom stereocenters. The van der Waals surface area contributed by atoms with E-state index in [0.717, 1.165) is 31.6 Å². The summed E-state index contributed by atoms with van der Waals surface area (Å²) in [7, 11) is -3.09. The quantitative estimate of drug-likeness (QED) is 0.756. The van der Waals surface area contributed by atoms with Gasteiger partial charge in [-0.2, -0.15) is 0 Å². The van der Waals surface area contributed by atoms with Crippen LogP contribution in [0.25, 0.3) is 0 Å². The molecule has 0 radical (unpaired) electrons. The summed E-state index contributed by atoms with van der Waals surface area (Å²) in [5.74, 6) is 0. The van der Waals surface area contributed by atoms with Crippen molar-refractivity contribution in [1.82, 2.24) is 10.6 Å². The highest BCUT2D eigenvalue weighted by Crippen LogP contribution is 2.10. The number of hydrogen-bond acceptors (Lipinski definition) is 4. The van der Waals surface area contributed by atoms with E-state index in [4.69, 9.17) is 0 Å². The Hall–Kier alpha value is -0.910. The van der Waals surface area contributed by atoms with Crippen LogP contribution in [-0.2, 0) is 16.4 Å². The molecule has 0 heterocycles. The largest absolute Gasteiger partial charge is 0.313 e. The van der Waals surface area contributed by atoms with Crippen molar-refractivity contribution in [3.63, 3.8) is 0 Å². The van der Waals surface area contributed by atoms with E-state index in [0.29, 0.717) is 4.90 Å². The van der Waals surface area contributed by atoms with E-state index in [-0.39, 0.29) is 5.54 Å². The molecule has 1 rings (SSSR count). The minimum absolute atomic E-state index is 0.168. The molecule has 20 heavy (non-hydrogen) atoms. The van der Waals surface area contributed by atoms with E-state index < -0.39 is 9.84 Å². The highest BCUT2D eigenvalue weighted by atomic mass is 32.2. The Morgan fingerprint density at radius 3 is 2.15 bits per heavy atom. The topological polar surface area (TPSA) is 58.2 Å². The molecule has 0 amide bonds. The van der Waals surface area contributed by atoms with E-state index in [1.807, 2.05) is 12.1 Å². The van der Waals surface area contributed by atoms with Crippen LogP contribution >= 0.6 is 0 Å². The van der Waals surface area contributed by atoms with Gasteiger partial charge in [-0.15, -0.1) is 0 Å². The van der Waals surface area contributed by atoms with Gasteiger partial charge < -0.3 is 10.6 Å². The lowest BCUT2D eigenvalue weighted by atomic mass is 10.1. The summed E-state index contributed by atoms with van der Waals surface area (Å²) < 4.78 is 22.7. The molecule has 1 aromatic rings. The lowest BCUT2D eigenvalue weighted by Gasteiger charge is -2.20. The summed E-state index contributed by atoms with van der Waals surface area (Å²) in [6.45, 7) is 9.16. The van der Waals surface area contributed by atoms with E-state index in [2.05, 4.69) is 31.4 Å². The number of sulfone groups is 1. The normalized spacial score (nSPS) is 12.6. The fourth-order valence-corrected chi connectivity index (χ4v) is 2.39. The monoisotopic (exact) mass is 298 g/mol. The van der Waals surface area contributed by atoms with E-state index >= 15 is 0 Å². The van der Waals surface area contributed by atoms with Crippen molar-refractivity contribution >= 4 is 9.84 Å². The van der Waals surface area contributed by atoms with Gasteiger partial charge in [-0.3, -0.25) is 0 Å². The highest BCUT2D eigenvalue weighted by molar-refractivity contribution is 7.90. The van der Waals surface area contributed by atoms with E-state index in [1.54, 1.807) is 12.1 Å². The third kappa shape index (κ3) is 7.03. The Kier molecular flexibility index (Phi) is 6.17. The molecule has 0 unspecified atom stereocenters. The maximum absolute atomic E-state index is 11.3. The lowest BCUT2D eigenvalue weighted by Crippen LogP contribution is -2.37. The second kappa shape index (κ2) is 7.20. The first-order valence-electron chi connectivity index (χ1n) is 6.93. The zero-order valence-electron chi connectivity index (χ0n) is 12.9. The van der Waals surface area contributed by atoms with Gasteiger partial charge >= 0.3 is 0 Å². The fourth-order valence-electron chi connectivity index (χ4n) is 1.76. The predicted molar refractivity (Wildman–Crippen MR) is 83.6 cm³/mol. The average Bonchev–Trinajstić information content (AvgIpc) is 2.32. The van der Waals surface area contributed by atoms with Gasteiger partial charge in [-0.25, -0.2) is 8.42 Å². The van der Waals surface area contributed by atoms with Crippen molar-refractivity contribution in [3.05, 3.63) is 29.8 Å². The van der Waals surface area contributed by atoms with E-state index in [9.17, 15) is 8.42 Å². The summed E-state index contributed by atoms with van der Waals surface area (Å²) >= 11 is 0. The van der Waals surface area contributed by atoms with Crippen LogP contribution in [-0.4, -0.2) is 33.3 Å². The number of hydrogen-bond donors (Lipinski definition) is 2. The molecule has 0 saturated carbocycles. The Labute approximate surface area is 122 Å². The Morgan fingerprint density at radius 1 is 1.05 bits per heavy atom. The molecule has 0 bridgehead atoms. The number of benzene rings is 1. The molecule has 0 spiro atoms. The van der Waals surface area contributed by atoms with Crippen LogP contribution in [0.3, 0.4) is 0 Å². The predicted octanol–water partition coefficient (Wildman–Crippen LogP) is 1.96. The van der Waals surface area contributed by atoms with Gasteiger partial charge in [0.05, 0.1) is 4.90 Å². The first-order valence-corrected chi connectivity index (χ1v) is 8.82. The minimum Gasteiger partial charge on any atom is -0.313 e. The van der Waals surface area contributed by atoms with E-state index in [1.165, 1.54) is 6.26 Å². The Bertz CT molecular complexity index is 502. The first kappa shape index (κ1) is 17.1. The molecule has 114 valence electrons. The highest BCUT2D eigenvalue weighted by Gasteiger charge is 2.07. The van der Waals surface area contributed by atoms with Gasteiger partial charge in [0.25, 0.3) is 0 Å². The molecule has 0 aliphatic heterocycles. The summed E-state index contributed by atoms with van der Waals surface area (Å²) in [4.78, 5) is 0.371. The average molecular weight is 298 g/mol. The van der Waals surface area contributed by atoms with Crippen molar-refractivity contribution in [2.45, 2.75) is 44.2 Å². The standard InChI is InChI=1S/C15H26N2O2S/c1-15(2,3)17-11-5-10-16-12-13-6-8-14(9-7-13)20(4,18)19/h6-9,16-17H,5,10-12H2,1-4H3. The van der Waals surface area contributed by atoms with Crippen molar-refractivity contribution in [1.29, 1.82) is 0 Å². The van der Waals surface area contributed by atoms with Crippen LogP contribution in [0, 0.1) is 0 Å². The van der Waals surface area contributed by atoms with Crippen molar-refractivity contribution in [2.24, 2.45) is 0 Å². The van der Waals surface area contributed by atoms with Gasteiger partial charge in [0.15, 0.2) is 9.84 Å². The zero-order valence-corrected chi connectivity index (χ0v) is 13.7. The summed E-state index contributed by atoms with van der Waals surface area (Å²) in [5.41, 5.74) is 1.27. The van der Waals surface area contributed by atoms with Crippen LogP contribution in [0.1, 0.15) is 32.8 Å². The van der Waals surface area contributed by atoms with Crippen LogP contribution in [0.2, 0.25) is 0 Å². The number of nitrogens with one attached hydrogen (secondary N) is 2. The SMILES string of the molecule is CC(C)(C)NCCCNCc1ccc(S(C)(=O)=O)cc1. The molecule has 2 N–H and O–H groups in total. The molecular formula is C15H26N2O2S. The lowest BCUT2D eigenvalue weighted by molar-refractivity contribution is 0.418. The minimum atomic E-state index is -3.09. The van der Waals surface area contributed by atoms with Gasteiger partial charge in [-0.1, -0.05) is 12.1 Å². The maximum atomic E-state index is 11.3. The molecule has 0 fully saturated rings. The van der Waals surface area contributed by atoms with Crippen LogP contribution < -0.4 is 10.6 Å². The van der Waals surface area contributed by atoms with Crippen molar-refractivity contribution in [2.75, 3.05) is 19.3 Å². The fraction of sp³-hybridized carbons (Fsp3) is 0.600. The third-order valence-electron chi connectivity index (χ3n) is 2.87. The summed E-state index contributed by atoms with van der Waals surface area (Å²) in [6, 6.07) is 7.04. The van der Waals surface area contributed by atoms with Crippen molar-refractivity contribution < 1.29 is 8.42 Å². The smallest absolute Gasteiger partial charge is 0.175 e. The molecule has 0 aromatic heterocycles. The Balaban J connectivity index is 2.26. The number of rotatable bonds is 7. The molecular weight excluding hydrogens is 272 g/mol.